The van der Waals surface area contributed by atoms with Gasteiger partial charge in [0.15, 0.2) is 5.78 Å². The minimum absolute atomic E-state index is 0.0165. The van der Waals surface area contributed by atoms with E-state index in [1.807, 2.05) is 68.8 Å². The number of ketones is 1. The van der Waals surface area contributed by atoms with Gasteiger partial charge in [0.1, 0.15) is 11.9 Å². The highest BCUT2D eigenvalue weighted by atomic mass is 16.1. The number of Topliss-reactive ketones (excluding diaryl/α,β-unsaturated/α-hetero) is 1. The summed E-state index contributed by atoms with van der Waals surface area (Å²) in [5.41, 5.74) is 4.63. The van der Waals surface area contributed by atoms with Gasteiger partial charge in [-0.3, -0.25) is 14.0 Å². The van der Waals surface area contributed by atoms with Gasteiger partial charge in [-0.25, -0.2) is 4.98 Å². The van der Waals surface area contributed by atoms with Crippen molar-refractivity contribution >= 4 is 5.78 Å². The number of benzene rings is 2. The summed E-state index contributed by atoms with van der Waals surface area (Å²) >= 11 is 0. The van der Waals surface area contributed by atoms with Crippen LogP contribution in [-0.4, -0.2) is 25.1 Å². The number of hydrogen-bond donors (Lipinski definition) is 0. The average Bonchev–Trinajstić information content (AvgIpc) is 3.51. The normalized spacial score (nSPS) is 23.2. The summed E-state index contributed by atoms with van der Waals surface area (Å²) in [5.74, 6) is 0.499. The van der Waals surface area contributed by atoms with E-state index in [9.17, 15) is 10.1 Å². The minimum atomic E-state index is -0.662. The predicted octanol–water partition coefficient (Wildman–Crippen LogP) is 4.79. The lowest BCUT2D eigenvalue weighted by molar-refractivity contribution is -0.121. The smallest absolute Gasteiger partial charge is 0.176 e. The lowest BCUT2D eigenvalue weighted by atomic mass is 9.55. The molecule has 3 atom stereocenters. The Labute approximate surface area is 204 Å². The molecule has 0 N–H and O–H groups in total. The number of aryl methyl sites for hydroxylation is 1. The lowest BCUT2D eigenvalue weighted by Gasteiger charge is -2.47. The Balaban J connectivity index is 1.72. The van der Waals surface area contributed by atoms with Crippen LogP contribution < -0.4 is 0 Å². The first-order valence-corrected chi connectivity index (χ1v) is 11.9. The summed E-state index contributed by atoms with van der Waals surface area (Å²) < 4.78 is 4.01. The van der Waals surface area contributed by atoms with Gasteiger partial charge in [-0.15, -0.1) is 0 Å². The van der Waals surface area contributed by atoms with Crippen LogP contribution in [-0.2, 0) is 23.7 Å². The zero-order valence-electron chi connectivity index (χ0n) is 19.7. The largest absolute Gasteiger partial charge is 0.296 e. The molecule has 0 bridgehead atoms. The van der Waals surface area contributed by atoms with Crippen molar-refractivity contribution in [2.24, 2.45) is 18.9 Å². The number of para-hydroxylation sites is 1. The molecule has 6 rings (SSSR count). The van der Waals surface area contributed by atoms with E-state index in [2.05, 4.69) is 40.0 Å². The number of hydrogen-bond acceptors (Lipinski definition) is 4. The van der Waals surface area contributed by atoms with E-state index >= 15 is 0 Å². The van der Waals surface area contributed by atoms with Gasteiger partial charge in [0, 0.05) is 30.5 Å². The third-order valence-electron chi connectivity index (χ3n) is 7.65. The SMILES string of the molecule is C[C@@H]1C(=O)C(C#N)=C[C@]2(c3ccccc3)c3nc(-c4cnn(C)c4)n(-c4ccccc4)c3CC[C@@H]12. The molecule has 0 spiro atoms. The third-order valence-corrected chi connectivity index (χ3v) is 7.65. The van der Waals surface area contributed by atoms with E-state index in [-0.39, 0.29) is 23.2 Å². The molecule has 0 aliphatic heterocycles. The Morgan fingerprint density at radius 1 is 1.09 bits per heavy atom. The highest BCUT2D eigenvalue weighted by Gasteiger charge is 2.54. The average molecular weight is 460 g/mol. The Hall–Kier alpha value is -4.24. The molecular weight excluding hydrogens is 434 g/mol. The fraction of sp³-hybridized carbons (Fsp3) is 0.241. The molecule has 0 amide bonds. The zero-order valence-corrected chi connectivity index (χ0v) is 19.7. The molecule has 172 valence electrons. The Kier molecular flexibility index (Phi) is 4.82. The van der Waals surface area contributed by atoms with Crippen molar-refractivity contribution in [3.05, 3.63) is 102 Å². The third kappa shape index (κ3) is 3.05. The topological polar surface area (TPSA) is 76.5 Å². The van der Waals surface area contributed by atoms with Crippen molar-refractivity contribution in [2.45, 2.75) is 25.2 Å². The second-order valence-electron chi connectivity index (χ2n) is 9.51. The molecule has 35 heavy (non-hydrogen) atoms. The van der Waals surface area contributed by atoms with Crippen LogP contribution in [0.2, 0.25) is 0 Å². The summed E-state index contributed by atoms with van der Waals surface area (Å²) in [6.07, 6.45) is 7.34. The Morgan fingerprint density at radius 3 is 2.46 bits per heavy atom. The second-order valence-corrected chi connectivity index (χ2v) is 9.51. The van der Waals surface area contributed by atoms with Gasteiger partial charge >= 0.3 is 0 Å². The number of nitriles is 1. The fourth-order valence-electron chi connectivity index (χ4n) is 6.08. The van der Waals surface area contributed by atoms with Crippen molar-refractivity contribution in [1.29, 1.82) is 5.26 Å². The van der Waals surface area contributed by atoms with Gasteiger partial charge in [0.25, 0.3) is 0 Å². The molecule has 6 nitrogen and oxygen atoms in total. The van der Waals surface area contributed by atoms with E-state index in [0.717, 1.165) is 46.9 Å². The van der Waals surface area contributed by atoms with Crippen LogP contribution in [0.15, 0.2) is 84.7 Å². The maximum absolute atomic E-state index is 13.1. The fourth-order valence-corrected chi connectivity index (χ4v) is 6.08. The number of allylic oxidation sites excluding steroid dienone is 2. The molecule has 0 fully saturated rings. The van der Waals surface area contributed by atoms with E-state index in [0.29, 0.717) is 0 Å². The summed E-state index contributed by atoms with van der Waals surface area (Å²) in [6.45, 7) is 1.97. The molecule has 2 heterocycles. The van der Waals surface area contributed by atoms with Crippen LogP contribution in [0.5, 0.6) is 0 Å². The van der Waals surface area contributed by atoms with Crippen molar-refractivity contribution in [3.8, 4) is 23.1 Å². The first-order chi connectivity index (χ1) is 17.0. The summed E-state index contributed by atoms with van der Waals surface area (Å²) in [5, 5.41) is 14.3. The molecular formula is C29H25N5O. The van der Waals surface area contributed by atoms with Gasteiger partial charge < -0.3 is 0 Å². The summed E-state index contributed by atoms with van der Waals surface area (Å²) in [7, 11) is 1.90. The van der Waals surface area contributed by atoms with Gasteiger partial charge in [-0.1, -0.05) is 55.5 Å². The molecule has 0 unspecified atom stereocenters. The summed E-state index contributed by atoms with van der Waals surface area (Å²) in [6, 6.07) is 22.7. The Morgan fingerprint density at radius 2 is 1.80 bits per heavy atom. The first kappa shape index (κ1) is 21.3. The number of imidazole rings is 1. The zero-order chi connectivity index (χ0) is 24.2. The first-order valence-electron chi connectivity index (χ1n) is 11.9. The monoisotopic (exact) mass is 459 g/mol. The van der Waals surface area contributed by atoms with Crippen molar-refractivity contribution < 1.29 is 4.79 Å². The van der Waals surface area contributed by atoms with Crippen molar-refractivity contribution in [2.75, 3.05) is 0 Å². The summed E-state index contributed by atoms with van der Waals surface area (Å²) in [4.78, 5) is 18.4. The molecule has 4 aromatic rings. The van der Waals surface area contributed by atoms with E-state index in [1.165, 1.54) is 0 Å². The van der Waals surface area contributed by atoms with E-state index in [4.69, 9.17) is 4.98 Å². The quantitative estimate of drug-likeness (QED) is 0.441. The van der Waals surface area contributed by atoms with Crippen molar-refractivity contribution in [1.82, 2.24) is 19.3 Å². The van der Waals surface area contributed by atoms with Crippen LogP contribution in [0.25, 0.3) is 17.1 Å². The molecule has 2 aliphatic rings. The molecule has 0 saturated carbocycles. The Bertz CT molecular complexity index is 1510. The molecule has 2 aliphatic carbocycles. The highest BCUT2D eigenvalue weighted by molar-refractivity contribution is 6.02. The number of carbonyl (C=O) groups is 1. The van der Waals surface area contributed by atoms with Gasteiger partial charge in [0.2, 0.25) is 0 Å². The van der Waals surface area contributed by atoms with Crippen LogP contribution in [0.1, 0.15) is 30.3 Å². The predicted molar refractivity (Wildman–Crippen MR) is 133 cm³/mol. The number of aromatic nitrogens is 4. The number of nitrogens with zero attached hydrogens (tertiary/aromatic N) is 5. The molecule has 0 radical (unpaired) electrons. The minimum Gasteiger partial charge on any atom is -0.296 e. The van der Waals surface area contributed by atoms with E-state index in [1.54, 1.807) is 4.68 Å². The lowest BCUT2D eigenvalue weighted by Crippen LogP contribution is -2.48. The molecule has 6 heteroatoms. The van der Waals surface area contributed by atoms with E-state index < -0.39 is 5.41 Å². The maximum Gasteiger partial charge on any atom is 0.176 e. The second kappa shape index (κ2) is 7.92. The maximum atomic E-state index is 13.1. The van der Waals surface area contributed by atoms with Gasteiger partial charge in [-0.05, 0) is 42.5 Å². The molecule has 0 saturated heterocycles. The number of carbonyl (C=O) groups excluding carboxylic acids is 1. The van der Waals surface area contributed by atoms with Crippen LogP contribution in [0.4, 0.5) is 0 Å². The molecule has 2 aromatic heterocycles. The highest BCUT2D eigenvalue weighted by Crippen LogP contribution is 2.54. The molecule has 2 aromatic carbocycles. The van der Waals surface area contributed by atoms with Crippen LogP contribution >= 0.6 is 0 Å². The van der Waals surface area contributed by atoms with Gasteiger partial charge in [0.05, 0.1) is 28.4 Å². The van der Waals surface area contributed by atoms with Crippen molar-refractivity contribution in [3.63, 3.8) is 0 Å². The number of fused-ring (bicyclic) bond motifs is 3. The van der Waals surface area contributed by atoms with Gasteiger partial charge in [-0.2, -0.15) is 10.4 Å². The van der Waals surface area contributed by atoms with Crippen LogP contribution in [0.3, 0.4) is 0 Å². The number of rotatable bonds is 3. The standard InChI is InChI=1S/C29H25N5O/c1-19-24-13-14-25-27(29(24,15-20(16-30)26(19)35)22-9-5-3-6-10-22)32-28(21-17-31-33(2)18-21)34(25)23-11-7-4-8-12-23/h3-12,15,17-19,24H,13-14H2,1-2H3/t19-,24-,29+/m0/s1. The van der Waals surface area contributed by atoms with Crippen LogP contribution in [0, 0.1) is 23.2 Å².